The number of hydrogen-bond acceptors (Lipinski definition) is 8. The third kappa shape index (κ3) is 5.52. The molecule has 0 unspecified atom stereocenters. The van der Waals surface area contributed by atoms with E-state index in [2.05, 4.69) is 20.8 Å². The number of methoxy groups -OCH3 is 1. The highest BCUT2D eigenvalue weighted by atomic mass is 32.1. The zero-order valence-corrected chi connectivity index (χ0v) is 18.2. The second-order valence-corrected chi connectivity index (χ2v) is 8.06. The van der Waals surface area contributed by atoms with Gasteiger partial charge in [-0.05, 0) is 48.4 Å². The molecule has 0 spiro atoms. The van der Waals surface area contributed by atoms with E-state index in [4.69, 9.17) is 14.2 Å². The Hall–Kier alpha value is -3.66. The molecular formula is C22H22N4O5S. The third-order valence-corrected chi connectivity index (χ3v) is 5.71. The normalized spacial score (nSPS) is 11.8. The van der Waals surface area contributed by atoms with E-state index in [1.165, 1.54) is 11.3 Å². The van der Waals surface area contributed by atoms with Gasteiger partial charge in [0.15, 0.2) is 11.5 Å². The zero-order chi connectivity index (χ0) is 22.3. The Kier molecular flexibility index (Phi) is 6.81. The summed E-state index contributed by atoms with van der Waals surface area (Å²) in [5, 5.41) is 14.7. The molecule has 2 heterocycles. The molecule has 2 N–H and O–H groups in total. The van der Waals surface area contributed by atoms with Gasteiger partial charge in [-0.15, -0.1) is 10.2 Å². The van der Waals surface area contributed by atoms with Crippen LogP contribution in [0.15, 0.2) is 42.5 Å². The maximum Gasteiger partial charge on any atom is 0.286 e. The highest BCUT2D eigenvalue weighted by molar-refractivity contribution is 7.13. The minimum absolute atomic E-state index is 0.0512. The van der Waals surface area contributed by atoms with Gasteiger partial charge < -0.3 is 24.8 Å². The van der Waals surface area contributed by atoms with Gasteiger partial charge in [0.2, 0.25) is 17.7 Å². The molecule has 32 heavy (non-hydrogen) atoms. The standard InChI is InChI=1S/C22H22N4O5S/c1-29-16-8-6-15(7-9-16)24-21(28)22-26-25-20(32-22)4-2-3-19(27)23-12-14-5-10-17-18(11-14)31-13-30-17/h5-11H,2-4,12-13H2,1H3,(H,23,27)(H,24,28). The number of anilines is 1. The number of nitrogens with zero attached hydrogens (tertiary/aromatic N) is 2. The average Bonchev–Trinajstić information content (AvgIpc) is 3.47. The molecule has 1 aliphatic heterocycles. The van der Waals surface area contributed by atoms with Gasteiger partial charge in [-0.3, -0.25) is 9.59 Å². The van der Waals surface area contributed by atoms with Crippen LogP contribution in [0.2, 0.25) is 0 Å². The monoisotopic (exact) mass is 454 g/mol. The predicted octanol–water partition coefficient (Wildman–Crippen LogP) is 3.17. The number of aromatic nitrogens is 2. The van der Waals surface area contributed by atoms with Crippen molar-refractivity contribution >= 4 is 28.8 Å². The molecular weight excluding hydrogens is 432 g/mol. The third-order valence-electron chi connectivity index (χ3n) is 4.73. The zero-order valence-electron chi connectivity index (χ0n) is 17.4. The van der Waals surface area contributed by atoms with Crippen molar-refractivity contribution in [3.8, 4) is 17.2 Å². The molecule has 3 aromatic rings. The van der Waals surface area contributed by atoms with Crippen LogP contribution in [0.1, 0.15) is 33.2 Å². The van der Waals surface area contributed by atoms with Crippen LogP contribution < -0.4 is 24.8 Å². The number of carbonyl (C=O) groups excluding carboxylic acids is 2. The van der Waals surface area contributed by atoms with Crippen molar-refractivity contribution in [3.05, 3.63) is 58.0 Å². The fourth-order valence-corrected chi connectivity index (χ4v) is 3.82. The van der Waals surface area contributed by atoms with E-state index in [1.807, 2.05) is 18.2 Å². The van der Waals surface area contributed by atoms with Crippen LogP contribution in [0.3, 0.4) is 0 Å². The van der Waals surface area contributed by atoms with E-state index in [-0.39, 0.29) is 23.6 Å². The van der Waals surface area contributed by atoms with Crippen LogP contribution in [0.4, 0.5) is 5.69 Å². The van der Waals surface area contributed by atoms with Gasteiger partial charge in [0.25, 0.3) is 5.91 Å². The molecule has 1 aromatic heterocycles. The van der Waals surface area contributed by atoms with Crippen LogP contribution in [-0.4, -0.2) is 35.9 Å². The number of fused-ring (bicyclic) bond motifs is 1. The molecule has 0 fully saturated rings. The van der Waals surface area contributed by atoms with Crippen molar-refractivity contribution in [3.63, 3.8) is 0 Å². The summed E-state index contributed by atoms with van der Waals surface area (Å²) in [5.74, 6) is 1.75. The average molecular weight is 455 g/mol. The second kappa shape index (κ2) is 10.1. The van der Waals surface area contributed by atoms with Crippen LogP contribution in [0.25, 0.3) is 0 Å². The quantitative estimate of drug-likeness (QED) is 0.511. The Balaban J connectivity index is 1.19. The molecule has 0 bridgehead atoms. The molecule has 166 valence electrons. The van der Waals surface area contributed by atoms with Crippen molar-refractivity contribution in [2.45, 2.75) is 25.8 Å². The molecule has 9 nitrogen and oxygen atoms in total. The summed E-state index contributed by atoms with van der Waals surface area (Å²) in [6.45, 7) is 0.644. The van der Waals surface area contributed by atoms with Crippen molar-refractivity contribution in [2.24, 2.45) is 0 Å². The summed E-state index contributed by atoms with van der Waals surface area (Å²) in [7, 11) is 1.58. The fraction of sp³-hybridized carbons (Fsp3) is 0.273. The Morgan fingerprint density at radius 3 is 2.72 bits per heavy atom. The number of rotatable bonds is 9. The first-order chi connectivity index (χ1) is 15.6. The smallest absolute Gasteiger partial charge is 0.286 e. The highest BCUT2D eigenvalue weighted by Gasteiger charge is 2.15. The van der Waals surface area contributed by atoms with Gasteiger partial charge in [0.05, 0.1) is 7.11 Å². The lowest BCUT2D eigenvalue weighted by atomic mass is 10.2. The van der Waals surface area contributed by atoms with Crippen LogP contribution in [0, 0.1) is 0 Å². The van der Waals surface area contributed by atoms with Gasteiger partial charge in [-0.1, -0.05) is 17.4 Å². The van der Waals surface area contributed by atoms with Gasteiger partial charge >= 0.3 is 0 Å². The van der Waals surface area contributed by atoms with Gasteiger partial charge in [0.1, 0.15) is 10.8 Å². The van der Waals surface area contributed by atoms with Crippen LogP contribution in [-0.2, 0) is 17.8 Å². The first-order valence-electron chi connectivity index (χ1n) is 10.0. The van der Waals surface area contributed by atoms with Crippen molar-refractivity contribution in [1.29, 1.82) is 0 Å². The molecule has 0 saturated carbocycles. The maximum absolute atomic E-state index is 12.3. The minimum Gasteiger partial charge on any atom is -0.497 e. The number of amides is 2. The van der Waals surface area contributed by atoms with E-state index in [1.54, 1.807) is 31.4 Å². The highest BCUT2D eigenvalue weighted by Crippen LogP contribution is 2.32. The molecule has 4 rings (SSSR count). The summed E-state index contributed by atoms with van der Waals surface area (Å²) in [6, 6.07) is 12.6. The van der Waals surface area contributed by atoms with Crippen molar-refractivity contribution in [2.75, 3.05) is 19.2 Å². The molecule has 0 saturated heterocycles. The fourth-order valence-electron chi connectivity index (χ4n) is 3.05. The number of ether oxygens (including phenoxy) is 3. The summed E-state index contributed by atoms with van der Waals surface area (Å²) in [6.07, 6.45) is 1.55. The Morgan fingerprint density at radius 2 is 1.91 bits per heavy atom. The van der Waals surface area contributed by atoms with Crippen LogP contribution in [0.5, 0.6) is 17.2 Å². The van der Waals surface area contributed by atoms with Crippen molar-refractivity contribution in [1.82, 2.24) is 15.5 Å². The molecule has 2 aromatic carbocycles. The van der Waals surface area contributed by atoms with E-state index < -0.39 is 0 Å². The molecule has 0 aliphatic carbocycles. The Bertz CT molecular complexity index is 1100. The van der Waals surface area contributed by atoms with E-state index >= 15 is 0 Å². The molecule has 10 heteroatoms. The number of nitrogens with one attached hydrogen (secondary N) is 2. The number of benzene rings is 2. The summed E-state index contributed by atoms with van der Waals surface area (Å²) < 4.78 is 15.7. The van der Waals surface area contributed by atoms with Gasteiger partial charge in [-0.25, -0.2) is 0 Å². The lowest BCUT2D eigenvalue weighted by molar-refractivity contribution is -0.121. The summed E-state index contributed by atoms with van der Waals surface area (Å²) in [4.78, 5) is 24.5. The van der Waals surface area contributed by atoms with Crippen molar-refractivity contribution < 1.29 is 23.8 Å². The summed E-state index contributed by atoms with van der Waals surface area (Å²) >= 11 is 1.22. The maximum atomic E-state index is 12.3. The molecule has 2 amide bonds. The Labute approximate surface area is 188 Å². The topological polar surface area (TPSA) is 112 Å². The lowest BCUT2D eigenvalue weighted by Crippen LogP contribution is -2.22. The SMILES string of the molecule is COc1ccc(NC(=O)c2nnc(CCCC(=O)NCc3ccc4c(c3)OCO4)s2)cc1. The second-order valence-electron chi connectivity index (χ2n) is 7.00. The number of hydrogen-bond donors (Lipinski definition) is 2. The van der Waals surface area contributed by atoms with Gasteiger partial charge in [0, 0.05) is 25.1 Å². The van der Waals surface area contributed by atoms with E-state index in [0.717, 1.165) is 5.56 Å². The Morgan fingerprint density at radius 1 is 1.09 bits per heavy atom. The molecule has 1 aliphatic rings. The summed E-state index contributed by atoms with van der Waals surface area (Å²) in [5.41, 5.74) is 1.59. The minimum atomic E-state index is -0.319. The van der Waals surface area contributed by atoms with E-state index in [0.29, 0.717) is 53.8 Å². The largest absolute Gasteiger partial charge is 0.497 e. The van der Waals surface area contributed by atoms with E-state index in [9.17, 15) is 9.59 Å². The first-order valence-corrected chi connectivity index (χ1v) is 10.9. The molecule has 0 atom stereocenters. The van der Waals surface area contributed by atoms with Crippen LogP contribution >= 0.6 is 11.3 Å². The lowest BCUT2D eigenvalue weighted by Gasteiger charge is -2.06. The molecule has 0 radical (unpaired) electrons. The predicted molar refractivity (Wildman–Crippen MR) is 118 cm³/mol. The van der Waals surface area contributed by atoms with Gasteiger partial charge in [-0.2, -0.15) is 0 Å². The first kappa shape index (κ1) is 21.6. The number of carbonyl (C=O) groups is 2. The number of aryl methyl sites for hydroxylation is 1.